The highest BCUT2D eigenvalue weighted by Gasteiger charge is 2.73. The van der Waals surface area contributed by atoms with E-state index in [1.165, 1.54) is 12.8 Å². The third-order valence-electron chi connectivity index (χ3n) is 6.06. The second-order valence-electron chi connectivity index (χ2n) is 6.16. The fourth-order valence-electron chi connectivity index (χ4n) is 5.75. The molecule has 0 heteroatoms. The zero-order valence-electron chi connectivity index (χ0n) is 8.45. The van der Waals surface area contributed by atoms with Gasteiger partial charge in [0.25, 0.3) is 0 Å². The number of allylic oxidation sites excluding steroid dienone is 4. The molecule has 0 amide bonds. The van der Waals surface area contributed by atoms with E-state index in [0.717, 1.165) is 35.0 Å². The van der Waals surface area contributed by atoms with Gasteiger partial charge in [0, 0.05) is 0 Å². The average molecular weight is 184 g/mol. The van der Waals surface area contributed by atoms with E-state index in [9.17, 15) is 0 Å². The van der Waals surface area contributed by atoms with Crippen molar-refractivity contribution in [3.63, 3.8) is 0 Å². The Balaban J connectivity index is 1.83. The average Bonchev–Trinajstić information content (AvgIpc) is 2.47. The molecule has 72 valence electrons. The highest BCUT2D eigenvalue weighted by Crippen LogP contribution is 2.79. The molecule has 3 fully saturated rings. The first kappa shape index (κ1) is 6.87. The second kappa shape index (κ2) is 1.77. The summed E-state index contributed by atoms with van der Waals surface area (Å²) >= 11 is 0. The molecule has 6 atom stereocenters. The SMILES string of the molecule is C1=CC2C3CC4C1C=C1CCCC14C23. The van der Waals surface area contributed by atoms with Gasteiger partial charge in [-0.2, -0.15) is 0 Å². The van der Waals surface area contributed by atoms with E-state index >= 15 is 0 Å². The third kappa shape index (κ3) is 0.476. The topological polar surface area (TPSA) is 0 Å². The van der Waals surface area contributed by atoms with Crippen molar-refractivity contribution in [1.29, 1.82) is 0 Å². The molecular formula is C14H16. The first-order chi connectivity index (χ1) is 6.91. The lowest BCUT2D eigenvalue weighted by atomic mass is 9.71. The molecule has 0 aromatic carbocycles. The summed E-state index contributed by atoms with van der Waals surface area (Å²) in [5.74, 6) is 5.13. The Morgan fingerprint density at radius 3 is 3.29 bits per heavy atom. The smallest absolute Gasteiger partial charge is 0.00136 e. The van der Waals surface area contributed by atoms with Crippen LogP contribution in [0.1, 0.15) is 25.7 Å². The summed E-state index contributed by atoms with van der Waals surface area (Å²) in [6.07, 6.45) is 13.8. The first-order valence-corrected chi connectivity index (χ1v) is 6.31. The molecule has 0 saturated heterocycles. The second-order valence-corrected chi connectivity index (χ2v) is 6.16. The molecule has 6 unspecified atom stereocenters. The van der Waals surface area contributed by atoms with Crippen LogP contribution >= 0.6 is 0 Å². The van der Waals surface area contributed by atoms with E-state index < -0.39 is 0 Å². The van der Waals surface area contributed by atoms with Crippen LogP contribution in [-0.4, -0.2) is 0 Å². The van der Waals surface area contributed by atoms with E-state index in [1.54, 1.807) is 12.8 Å². The van der Waals surface area contributed by atoms with Crippen LogP contribution in [0.15, 0.2) is 23.8 Å². The molecule has 0 heterocycles. The van der Waals surface area contributed by atoms with Crippen molar-refractivity contribution in [3.05, 3.63) is 23.8 Å². The Kier molecular flexibility index (Phi) is 0.869. The van der Waals surface area contributed by atoms with Gasteiger partial charge in [-0.3, -0.25) is 0 Å². The molecule has 0 aliphatic heterocycles. The molecule has 6 aliphatic rings. The van der Waals surface area contributed by atoms with Crippen molar-refractivity contribution >= 4 is 0 Å². The lowest BCUT2D eigenvalue weighted by Gasteiger charge is -2.32. The quantitative estimate of drug-likeness (QED) is 0.507. The van der Waals surface area contributed by atoms with Crippen LogP contribution in [0.5, 0.6) is 0 Å². The van der Waals surface area contributed by atoms with Gasteiger partial charge in [0.2, 0.25) is 0 Å². The summed E-state index contributed by atoms with van der Waals surface area (Å²) in [5.41, 5.74) is 2.65. The summed E-state index contributed by atoms with van der Waals surface area (Å²) in [7, 11) is 0. The largest absolute Gasteiger partial charge is 0.0842 e. The van der Waals surface area contributed by atoms with Gasteiger partial charge in [0.05, 0.1) is 0 Å². The molecule has 3 saturated carbocycles. The van der Waals surface area contributed by atoms with Gasteiger partial charge >= 0.3 is 0 Å². The van der Waals surface area contributed by atoms with Crippen LogP contribution < -0.4 is 0 Å². The predicted molar refractivity (Wildman–Crippen MR) is 55.6 cm³/mol. The van der Waals surface area contributed by atoms with E-state index in [0.29, 0.717) is 0 Å². The van der Waals surface area contributed by atoms with Gasteiger partial charge in [-0.1, -0.05) is 23.8 Å². The summed E-state index contributed by atoms with van der Waals surface area (Å²) in [6, 6.07) is 0. The van der Waals surface area contributed by atoms with Crippen LogP contribution in [0.4, 0.5) is 0 Å². The van der Waals surface area contributed by atoms with Crippen molar-refractivity contribution in [2.24, 2.45) is 35.0 Å². The minimum absolute atomic E-state index is 0.753. The van der Waals surface area contributed by atoms with Crippen LogP contribution in [0.3, 0.4) is 0 Å². The van der Waals surface area contributed by atoms with Gasteiger partial charge in [-0.05, 0) is 60.7 Å². The number of hydrogen-bond acceptors (Lipinski definition) is 0. The number of hydrogen-bond donors (Lipinski definition) is 0. The molecule has 6 rings (SSSR count). The molecule has 0 N–H and O–H groups in total. The minimum atomic E-state index is 0.753. The fraction of sp³-hybridized carbons (Fsp3) is 0.714. The van der Waals surface area contributed by atoms with Gasteiger partial charge in [-0.15, -0.1) is 0 Å². The van der Waals surface area contributed by atoms with E-state index in [1.807, 2.05) is 5.57 Å². The Hall–Kier alpha value is -0.520. The molecule has 0 aromatic rings. The maximum Gasteiger partial charge on any atom is -0.00136 e. The summed E-state index contributed by atoms with van der Waals surface area (Å²) < 4.78 is 0. The summed E-state index contributed by atoms with van der Waals surface area (Å²) in [5, 5.41) is 0. The summed E-state index contributed by atoms with van der Waals surface area (Å²) in [6.45, 7) is 0. The summed E-state index contributed by atoms with van der Waals surface area (Å²) in [4.78, 5) is 0. The first-order valence-electron chi connectivity index (χ1n) is 6.31. The maximum absolute atomic E-state index is 2.65. The Labute approximate surface area is 85.1 Å². The standard InChI is InChI=1S/C14H16/c1-2-9-6-8-3-4-10-11-7-12(8)14(9,5-1)13(10)11/h3-4,6,8,10-13H,1-2,5,7H2. The highest BCUT2D eigenvalue weighted by atomic mass is 14.8. The van der Waals surface area contributed by atoms with Crippen molar-refractivity contribution in [2.75, 3.05) is 0 Å². The molecule has 0 nitrogen and oxygen atoms in total. The van der Waals surface area contributed by atoms with Gasteiger partial charge < -0.3 is 0 Å². The van der Waals surface area contributed by atoms with Crippen molar-refractivity contribution in [2.45, 2.75) is 25.7 Å². The third-order valence-corrected chi connectivity index (χ3v) is 6.06. The van der Waals surface area contributed by atoms with Crippen molar-refractivity contribution < 1.29 is 0 Å². The lowest BCUT2D eigenvalue weighted by molar-refractivity contribution is 0.210. The Morgan fingerprint density at radius 2 is 2.29 bits per heavy atom. The van der Waals surface area contributed by atoms with Crippen LogP contribution in [-0.2, 0) is 0 Å². The van der Waals surface area contributed by atoms with Crippen LogP contribution in [0, 0.1) is 35.0 Å². The fourth-order valence-corrected chi connectivity index (χ4v) is 5.75. The highest BCUT2D eigenvalue weighted by molar-refractivity contribution is 5.43. The Morgan fingerprint density at radius 1 is 1.29 bits per heavy atom. The molecule has 0 radical (unpaired) electrons. The zero-order valence-corrected chi connectivity index (χ0v) is 8.45. The van der Waals surface area contributed by atoms with E-state index in [-0.39, 0.29) is 0 Å². The zero-order chi connectivity index (χ0) is 8.91. The van der Waals surface area contributed by atoms with Gasteiger partial charge in [0.15, 0.2) is 0 Å². The molecule has 14 heavy (non-hydrogen) atoms. The maximum atomic E-state index is 2.65. The lowest BCUT2D eigenvalue weighted by Crippen LogP contribution is -2.26. The van der Waals surface area contributed by atoms with Gasteiger partial charge in [0.1, 0.15) is 0 Å². The monoisotopic (exact) mass is 184 g/mol. The minimum Gasteiger partial charge on any atom is -0.0842 e. The predicted octanol–water partition coefficient (Wildman–Crippen LogP) is 3.16. The van der Waals surface area contributed by atoms with Crippen molar-refractivity contribution in [1.82, 2.24) is 0 Å². The van der Waals surface area contributed by atoms with E-state index in [2.05, 4.69) is 18.2 Å². The molecule has 6 aliphatic carbocycles. The van der Waals surface area contributed by atoms with E-state index in [4.69, 9.17) is 0 Å². The van der Waals surface area contributed by atoms with Crippen LogP contribution in [0.25, 0.3) is 0 Å². The normalized spacial score (nSPS) is 65.1. The van der Waals surface area contributed by atoms with Crippen LogP contribution in [0.2, 0.25) is 0 Å². The molecule has 6 bridgehead atoms. The Bertz CT molecular complexity index is 389. The molecule has 0 aromatic heterocycles. The van der Waals surface area contributed by atoms with Crippen molar-refractivity contribution in [3.8, 4) is 0 Å². The number of rotatable bonds is 0. The molecule has 1 spiro atoms. The van der Waals surface area contributed by atoms with Gasteiger partial charge in [-0.25, -0.2) is 0 Å². The molecular weight excluding hydrogens is 168 g/mol.